The van der Waals surface area contributed by atoms with Crippen molar-refractivity contribution in [3.63, 3.8) is 0 Å². The van der Waals surface area contributed by atoms with E-state index in [9.17, 15) is 9.59 Å². The van der Waals surface area contributed by atoms with E-state index in [4.69, 9.17) is 9.47 Å². The first kappa shape index (κ1) is 22.2. The lowest BCUT2D eigenvalue weighted by Crippen LogP contribution is -2.45. The standard InChI is InChI=1S/C21H40N2O4/c1-14(12-22(3,4)5)26-20(24)18-16-9-10-17(11-16)19(18)21(25)27-15(2)13-23(6,7)8/h14-19H,9-13H2,1-8H3/q+2/t14?,15?,16-,17+,18-,19-/m1/s1. The molecule has 0 heterocycles. The lowest BCUT2D eigenvalue weighted by Gasteiger charge is -2.32. The number of nitrogens with zero attached hydrogens (tertiary/aromatic N) is 2. The van der Waals surface area contributed by atoms with Gasteiger partial charge in [0.15, 0.2) is 0 Å². The Morgan fingerprint density at radius 1 is 0.778 bits per heavy atom. The van der Waals surface area contributed by atoms with Crippen molar-refractivity contribution in [1.29, 1.82) is 0 Å². The number of esters is 2. The van der Waals surface area contributed by atoms with Crippen LogP contribution in [0.5, 0.6) is 0 Å². The fraction of sp³-hybridized carbons (Fsp3) is 0.905. The number of rotatable bonds is 8. The van der Waals surface area contributed by atoms with Crippen molar-refractivity contribution < 1.29 is 28.0 Å². The van der Waals surface area contributed by atoms with Gasteiger partial charge in [0.1, 0.15) is 25.3 Å². The molecule has 6 heteroatoms. The molecule has 2 rings (SSSR count). The summed E-state index contributed by atoms with van der Waals surface area (Å²) >= 11 is 0. The third kappa shape index (κ3) is 6.18. The molecule has 2 fully saturated rings. The Kier molecular flexibility index (Phi) is 6.63. The maximum Gasteiger partial charge on any atom is 0.310 e. The zero-order valence-electron chi connectivity index (χ0n) is 18.5. The molecule has 27 heavy (non-hydrogen) atoms. The monoisotopic (exact) mass is 384 g/mol. The van der Waals surface area contributed by atoms with Gasteiger partial charge in [-0.3, -0.25) is 9.59 Å². The second-order valence-corrected chi connectivity index (χ2v) is 10.8. The molecule has 0 aromatic rings. The van der Waals surface area contributed by atoms with Crippen LogP contribution >= 0.6 is 0 Å². The molecule has 0 aliphatic heterocycles. The molecule has 2 aliphatic carbocycles. The van der Waals surface area contributed by atoms with Crippen LogP contribution in [0.4, 0.5) is 0 Å². The number of quaternary nitrogens is 2. The minimum atomic E-state index is -0.331. The van der Waals surface area contributed by atoms with Gasteiger partial charge in [-0.25, -0.2) is 0 Å². The van der Waals surface area contributed by atoms with Crippen LogP contribution in [-0.2, 0) is 19.1 Å². The topological polar surface area (TPSA) is 52.6 Å². The largest absolute Gasteiger partial charge is 0.456 e. The summed E-state index contributed by atoms with van der Waals surface area (Å²) in [5.41, 5.74) is 0. The summed E-state index contributed by atoms with van der Waals surface area (Å²) in [6, 6.07) is 0. The highest BCUT2D eigenvalue weighted by atomic mass is 16.6. The van der Waals surface area contributed by atoms with Crippen molar-refractivity contribution in [1.82, 2.24) is 0 Å². The van der Waals surface area contributed by atoms with Gasteiger partial charge in [0.05, 0.1) is 54.1 Å². The predicted molar refractivity (Wildman–Crippen MR) is 105 cm³/mol. The Labute approximate surface area is 165 Å². The fourth-order valence-corrected chi connectivity index (χ4v) is 5.14. The summed E-state index contributed by atoms with van der Waals surface area (Å²) in [5, 5.41) is 0. The molecule has 6 nitrogen and oxygen atoms in total. The predicted octanol–water partition coefficient (Wildman–Crippen LogP) is 1.92. The Bertz CT molecular complexity index is 501. The molecule has 156 valence electrons. The Morgan fingerprint density at radius 3 is 1.41 bits per heavy atom. The van der Waals surface area contributed by atoms with Crippen LogP contribution < -0.4 is 0 Å². The van der Waals surface area contributed by atoms with Gasteiger partial charge < -0.3 is 18.4 Å². The molecule has 2 aliphatic rings. The number of carbonyl (C=O) groups is 2. The van der Waals surface area contributed by atoms with E-state index < -0.39 is 0 Å². The minimum absolute atomic E-state index is 0.162. The molecule has 2 saturated carbocycles. The smallest absolute Gasteiger partial charge is 0.310 e. The van der Waals surface area contributed by atoms with Gasteiger partial charge in [0.2, 0.25) is 0 Å². The van der Waals surface area contributed by atoms with Crippen molar-refractivity contribution in [2.24, 2.45) is 23.7 Å². The third-order valence-electron chi connectivity index (χ3n) is 5.71. The molecule has 0 amide bonds. The first-order valence-electron chi connectivity index (χ1n) is 10.3. The number of hydrogen-bond donors (Lipinski definition) is 0. The van der Waals surface area contributed by atoms with Crippen molar-refractivity contribution in [2.75, 3.05) is 55.4 Å². The average Bonchev–Trinajstić information content (AvgIpc) is 3.02. The summed E-state index contributed by atoms with van der Waals surface area (Å²) in [6.07, 6.45) is 2.67. The van der Waals surface area contributed by atoms with Gasteiger partial charge in [0.25, 0.3) is 0 Å². The lowest BCUT2D eigenvalue weighted by atomic mass is 9.79. The second kappa shape index (κ2) is 8.08. The summed E-state index contributed by atoms with van der Waals surface area (Å²) in [6.45, 7) is 5.38. The van der Waals surface area contributed by atoms with E-state index in [0.29, 0.717) is 0 Å². The SMILES string of the molecule is CC(C[N+](C)(C)C)OC(=O)[C@@H]1[C@@H]2CC[C@@H](C2)[C@H]1C(=O)OC(C)C[N+](C)(C)C. The van der Waals surface area contributed by atoms with E-state index in [1.165, 1.54) is 0 Å². The normalized spacial score (nSPS) is 30.1. The maximum atomic E-state index is 12.9. The Morgan fingerprint density at radius 2 is 1.11 bits per heavy atom. The van der Waals surface area contributed by atoms with Crippen LogP contribution in [0.3, 0.4) is 0 Å². The number of likely N-dealkylation sites (N-methyl/N-ethyl adjacent to an activating group) is 2. The van der Waals surface area contributed by atoms with E-state index in [0.717, 1.165) is 41.3 Å². The molecule has 0 saturated heterocycles. The van der Waals surface area contributed by atoms with Crippen molar-refractivity contribution in [2.45, 2.75) is 45.3 Å². The van der Waals surface area contributed by atoms with E-state index >= 15 is 0 Å². The highest BCUT2D eigenvalue weighted by Gasteiger charge is 2.55. The van der Waals surface area contributed by atoms with Crippen molar-refractivity contribution in [3.8, 4) is 0 Å². The number of fused-ring (bicyclic) bond motifs is 2. The first-order chi connectivity index (χ1) is 12.3. The van der Waals surface area contributed by atoms with Crippen LogP contribution in [0.15, 0.2) is 0 Å². The number of hydrogen-bond acceptors (Lipinski definition) is 4. The highest BCUT2D eigenvalue weighted by molar-refractivity contribution is 5.84. The van der Waals surface area contributed by atoms with Crippen LogP contribution in [0, 0.1) is 23.7 Å². The Balaban J connectivity index is 2.02. The van der Waals surface area contributed by atoms with Crippen LogP contribution in [0.25, 0.3) is 0 Å². The quantitative estimate of drug-likeness (QED) is 0.474. The van der Waals surface area contributed by atoms with Gasteiger partial charge in [-0.1, -0.05) is 0 Å². The summed E-state index contributed by atoms with van der Waals surface area (Å²) in [4.78, 5) is 25.8. The summed E-state index contributed by atoms with van der Waals surface area (Å²) in [5.74, 6) is -0.533. The van der Waals surface area contributed by atoms with Gasteiger partial charge in [0, 0.05) is 0 Å². The molecule has 0 aromatic heterocycles. The number of ether oxygens (including phenoxy) is 2. The molecule has 0 aromatic carbocycles. The first-order valence-corrected chi connectivity index (χ1v) is 10.3. The van der Waals surface area contributed by atoms with Crippen LogP contribution in [0.1, 0.15) is 33.1 Å². The molecule has 2 unspecified atom stereocenters. The van der Waals surface area contributed by atoms with Gasteiger partial charge in [-0.2, -0.15) is 0 Å². The molecule has 6 atom stereocenters. The van der Waals surface area contributed by atoms with E-state index in [1.807, 2.05) is 13.8 Å². The molecule has 0 spiro atoms. The fourth-order valence-electron chi connectivity index (χ4n) is 5.14. The third-order valence-corrected chi connectivity index (χ3v) is 5.71. The maximum absolute atomic E-state index is 12.9. The van der Waals surface area contributed by atoms with Crippen LogP contribution in [-0.4, -0.2) is 88.5 Å². The number of carbonyl (C=O) groups excluding carboxylic acids is 2. The van der Waals surface area contributed by atoms with E-state index in [-0.39, 0.29) is 47.8 Å². The molecular formula is C21H40N2O4+2. The lowest BCUT2D eigenvalue weighted by molar-refractivity contribution is -0.873. The van der Waals surface area contributed by atoms with Crippen LogP contribution in [0.2, 0.25) is 0 Å². The van der Waals surface area contributed by atoms with E-state index in [1.54, 1.807) is 0 Å². The Hall–Kier alpha value is -1.14. The second-order valence-electron chi connectivity index (χ2n) is 10.8. The minimum Gasteiger partial charge on any atom is -0.456 e. The van der Waals surface area contributed by atoms with Gasteiger partial charge in [-0.05, 0) is 44.9 Å². The van der Waals surface area contributed by atoms with Crippen molar-refractivity contribution >= 4 is 11.9 Å². The summed E-state index contributed by atoms with van der Waals surface area (Å²) in [7, 11) is 12.5. The van der Waals surface area contributed by atoms with E-state index in [2.05, 4.69) is 42.3 Å². The zero-order chi connectivity index (χ0) is 20.6. The van der Waals surface area contributed by atoms with Gasteiger partial charge in [-0.15, -0.1) is 0 Å². The zero-order valence-corrected chi connectivity index (χ0v) is 18.5. The van der Waals surface area contributed by atoms with Crippen molar-refractivity contribution in [3.05, 3.63) is 0 Å². The molecule has 2 bridgehead atoms. The summed E-state index contributed by atoms with van der Waals surface area (Å²) < 4.78 is 13.0. The molecule has 0 N–H and O–H groups in total. The molecular weight excluding hydrogens is 344 g/mol. The molecule has 0 radical (unpaired) electrons. The van der Waals surface area contributed by atoms with Gasteiger partial charge >= 0.3 is 11.9 Å². The highest BCUT2D eigenvalue weighted by Crippen LogP contribution is 2.53. The average molecular weight is 385 g/mol.